The molecule has 3 rings (SSSR count). The van der Waals surface area contributed by atoms with Crippen LogP contribution in [0.2, 0.25) is 0 Å². The van der Waals surface area contributed by atoms with Gasteiger partial charge in [-0.25, -0.2) is 4.39 Å². The van der Waals surface area contributed by atoms with Crippen molar-refractivity contribution in [3.63, 3.8) is 0 Å². The fraction of sp³-hybridized carbons (Fsp3) is 0.526. The minimum Gasteiger partial charge on any atom is -0.368 e. The van der Waals surface area contributed by atoms with E-state index in [1.54, 1.807) is 0 Å². The summed E-state index contributed by atoms with van der Waals surface area (Å²) >= 11 is 0. The van der Waals surface area contributed by atoms with Crippen LogP contribution in [0.4, 0.5) is 4.39 Å². The SMILES string of the molecule is CN(CCN1CCOC(C)(c2cnn(C)c2)C1)Cc1ccc(F)cc1. The molecule has 0 bridgehead atoms. The maximum Gasteiger partial charge on any atom is 0.123 e. The van der Waals surface area contributed by atoms with E-state index < -0.39 is 0 Å². The third kappa shape index (κ3) is 4.66. The average Bonchev–Trinajstić information content (AvgIpc) is 3.03. The zero-order valence-corrected chi connectivity index (χ0v) is 15.3. The van der Waals surface area contributed by atoms with E-state index in [1.165, 1.54) is 12.1 Å². The van der Waals surface area contributed by atoms with Gasteiger partial charge in [-0.3, -0.25) is 9.58 Å². The molecule has 136 valence electrons. The number of ether oxygens (including phenoxy) is 1. The highest BCUT2D eigenvalue weighted by Crippen LogP contribution is 2.28. The maximum absolute atomic E-state index is 13.0. The van der Waals surface area contributed by atoms with Gasteiger partial charge in [-0.1, -0.05) is 12.1 Å². The summed E-state index contributed by atoms with van der Waals surface area (Å²) in [6, 6.07) is 6.73. The first-order valence-electron chi connectivity index (χ1n) is 8.73. The molecule has 0 saturated carbocycles. The van der Waals surface area contributed by atoms with Gasteiger partial charge in [0.05, 0.1) is 12.8 Å². The summed E-state index contributed by atoms with van der Waals surface area (Å²) in [6.45, 7) is 7.44. The zero-order chi connectivity index (χ0) is 17.9. The van der Waals surface area contributed by atoms with Crippen LogP contribution in [0.25, 0.3) is 0 Å². The number of likely N-dealkylation sites (N-methyl/N-ethyl adjacent to an activating group) is 1. The van der Waals surface area contributed by atoms with Gasteiger partial charge < -0.3 is 9.64 Å². The molecular formula is C19H27FN4O. The quantitative estimate of drug-likeness (QED) is 0.803. The van der Waals surface area contributed by atoms with Gasteiger partial charge in [-0.05, 0) is 31.7 Å². The first-order chi connectivity index (χ1) is 11.9. The summed E-state index contributed by atoms with van der Waals surface area (Å²) in [7, 11) is 4.03. The molecule has 0 radical (unpaired) electrons. The van der Waals surface area contributed by atoms with Crippen molar-refractivity contribution in [1.29, 1.82) is 0 Å². The lowest BCUT2D eigenvalue weighted by Crippen LogP contribution is -2.49. The van der Waals surface area contributed by atoms with Gasteiger partial charge in [0, 0.05) is 51.5 Å². The van der Waals surface area contributed by atoms with Crippen molar-refractivity contribution < 1.29 is 9.13 Å². The summed E-state index contributed by atoms with van der Waals surface area (Å²) < 4.78 is 20.9. The van der Waals surface area contributed by atoms with Crippen molar-refractivity contribution in [3.05, 3.63) is 53.6 Å². The predicted molar refractivity (Wildman–Crippen MR) is 95.7 cm³/mol. The third-order valence-corrected chi connectivity index (χ3v) is 4.83. The Kier molecular flexibility index (Phi) is 5.51. The molecular weight excluding hydrogens is 319 g/mol. The minimum atomic E-state index is -0.304. The summed E-state index contributed by atoms with van der Waals surface area (Å²) in [5, 5.41) is 4.27. The van der Waals surface area contributed by atoms with Crippen LogP contribution in [0.5, 0.6) is 0 Å². The Labute approximate surface area is 149 Å². The van der Waals surface area contributed by atoms with E-state index in [4.69, 9.17) is 4.74 Å². The smallest absolute Gasteiger partial charge is 0.123 e. The molecule has 1 aromatic carbocycles. The molecule has 1 aliphatic heterocycles. The van der Waals surface area contributed by atoms with Crippen molar-refractivity contribution in [2.45, 2.75) is 19.1 Å². The zero-order valence-electron chi connectivity index (χ0n) is 15.3. The van der Waals surface area contributed by atoms with Crippen LogP contribution in [-0.2, 0) is 23.9 Å². The van der Waals surface area contributed by atoms with Crippen molar-refractivity contribution >= 4 is 0 Å². The summed E-state index contributed by atoms with van der Waals surface area (Å²) in [6.07, 6.45) is 3.92. The number of aryl methyl sites for hydroxylation is 1. The Morgan fingerprint density at radius 3 is 2.76 bits per heavy atom. The Morgan fingerprint density at radius 2 is 2.08 bits per heavy atom. The highest BCUT2D eigenvalue weighted by atomic mass is 19.1. The first-order valence-corrected chi connectivity index (χ1v) is 8.73. The van der Waals surface area contributed by atoms with Gasteiger partial charge in [-0.15, -0.1) is 0 Å². The van der Waals surface area contributed by atoms with E-state index in [2.05, 4.69) is 28.9 Å². The molecule has 2 heterocycles. The molecule has 5 nitrogen and oxygen atoms in total. The van der Waals surface area contributed by atoms with Gasteiger partial charge in [-0.2, -0.15) is 5.10 Å². The van der Waals surface area contributed by atoms with E-state index in [0.29, 0.717) is 0 Å². The Morgan fingerprint density at radius 1 is 1.32 bits per heavy atom. The number of hydrogen-bond acceptors (Lipinski definition) is 4. The van der Waals surface area contributed by atoms with Crippen molar-refractivity contribution in [2.24, 2.45) is 7.05 Å². The lowest BCUT2D eigenvalue weighted by atomic mass is 9.97. The number of benzene rings is 1. The van der Waals surface area contributed by atoms with Gasteiger partial charge in [0.2, 0.25) is 0 Å². The molecule has 25 heavy (non-hydrogen) atoms. The van der Waals surface area contributed by atoms with Crippen LogP contribution in [0.3, 0.4) is 0 Å². The second-order valence-electron chi connectivity index (χ2n) is 7.12. The molecule has 1 fully saturated rings. The van der Waals surface area contributed by atoms with Crippen LogP contribution < -0.4 is 0 Å². The number of morpholine rings is 1. The molecule has 1 saturated heterocycles. The minimum absolute atomic E-state index is 0.186. The lowest BCUT2D eigenvalue weighted by molar-refractivity contribution is -0.104. The number of rotatable bonds is 6. The normalized spacial score (nSPS) is 21.8. The van der Waals surface area contributed by atoms with Crippen LogP contribution in [0.15, 0.2) is 36.7 Å². The van der Waals surface area contributed by atoms with Crippen molar-refractivity contribution in [1.82, 2.24) is 19.6 Å². The third-order valence-electron chi connectivity index (χ3n) is 4.83. The first kappa shape index (κ1) is 18.0. The number of halogens is 1. The van der Waals surface area contributed by atoms with Gasteiger partial charge in [0.15, 0.2) is 0 Å². The number of aromatic nitrogens is 2. The standard InChI is InChI=1S/C19H27FN4O/c1-19(17-12-21-23(3)14-17)15-24(10-11-25-19)9-8-22(2)13-16-4-6-18(20)7-5-16/h4-7,12,14H,8-11,13,15H2,1-3H3. The number of hydrogen-bond donors (Lipinski definition) is 0. The van der Waals surface area contributed by atoms with E-state index in [1.807, 2.05) is 36.3 Å². The fourth-order valence-corrected chi connectivity index (χ4v) is 3.30. The molecule has 1 aliphatic rings. The highest BCUT2D eigenvalue weighted by molar-refractivity contribution is 5.17. The van der Waals surface area contributed by atoms with E-state index in [-0.39, 0.29) is 11.4 Å². The largest absolute Gasteiger partial charge is 0.368 e. The van der Waals surface area contributed by atoms with Crippen LogP contribution in [-0.4, -0.2) is 59.4 Å². The van der Waals surface area contributed by atoms with Crippen LogP contribution in [0, 0.1) is 5.82 Å². The second kappa shape index (κ2) is 7.64. The highest BCUT2D eigenvalue weighted by Gasteiger charge is 2.34. The van der Waals surface area contributed by atoms with E-state index in [9.17, 15) is 4.39 Å². The Hall–Kier alpha value is -1.76. The van der Waals surface area contributed by atoms with E-state index in [0.717, 1.165) is 50.5 Å². The monoisotopic (exact) mass is 346 g/mol. The number of nitrogens with zero attached hydrogens (tertiary/aromatic N) is 4. The van der Waals surface area contributed by atoms with Crippen molar-refractivity contribution in [3.8, 4) is 0 Å². The molecule has 2 aromatic rings. The molecule has 0 spiro atoms. The Balaban J connectivity index is 1.51. The van der Waals surface area contributed by atoms with Crippen LogP contribution >= 0.6 is 0 Å². The van der Waals surface area contributed by atoms with Gasteiger partial charge in [0.25, 0.3) is 0 Å². The molecule has 1 aromatic heterocycles. The fourth-order valence-electron chi connectivity index (χ4n) is 3.30. The Bertz CT molecular complexity index is 687. The predicted octanol–water partition coefficient (Wildman–Crippen LogP) is 2.24. The van der Waals surface area contributed by atoms with Gasteiger partial charge >= 0.3 is 0 Å². The molecule has 1 atom stereocenters. The summed E-state index contributed by atoms with van der Waals surface area (Å²) in [4.78, 5) is 4.71. The average molecular weight is 346 g/mol. The molecule has 0 amide bonds. The molecule has 6 heteroatoms. The summed E-state index contributed by atoms with van der Waals surface area (Å²) in [5.74, 6) is -0.186. The van der Waals surface area contributed by atoms with Gasteiger partial charge in [0.1, 0.15) is 11.4 Å². The lowest BCUT2D eigenvalue weighted by Gasteiger charge is -2.40. The summed E-state index contributed by atoms with van der Waals surface area (Å²) in [5.41, 5.74) is 1.95. The molecule has 0 aliphatic carbocycles. The molecule has 0 N–H and O–H groups in total. The van der Waals surface area contributed by atoms with Crippen LogP contribution in [0.1, 0.15) is 18.1 Å². The molecule has 1 unspecified atom stereocenters. The maximum atomic E-state index is 13.0. The second-order valence-corrected chi connectivity index (χ2v) is 7.12. The topological polar surface area (TPSA) is 33.5 Å². The van der Waals surface area contributed by atoms with E-state index >= 15 is 0 Å². The van der Waals surface area contributed by atoms with Crippen molar-refractivity contribution in [2.75, 3.05) is 39.8 Å².